The number of likely N-dealkylation sites (tertiary alicyclic amines) is 1. The quantitative estimate of drug-likeness (QED) is 0.572. The van der Waals surface area contributed by atoms with Crippen molar-refractivity contribution in [3.05, 3.63) is 35.9 Å². The number of nitrogens with one attached hydrogen (secondary N) is 1. The van der Waals surface area contributed by atoms with Crippen LogP contribution in [0.2, 0.25) is 0 Å². The van der Waals surface area contributed by atoms with E-state index in [1.807, 2.05) is 7.05 Å². The standard InChI is InChI=1S/C22H37N5O/c1-3-28-21-9-12-27(13-10-21)22(23-2)24-11-14-25-15-17-26(18-16-25)19-20-7-5-4-6-8-20/h4-8,21H,3,9-19H2,1-2H3,(H,23,24). The monoisotopic (exact) mass is 387 g/mol. The highest BCUT2D eigenvalue weighted by Crippen LogP contribution is 2.13. The lowest BCUT2D eigenvalue weighted by Crippen LogP contribution is -2.50. The second kappa shape index (κ2) is 11.4. The Hall–Kier alpha value is -1.63. The van der Waals surface area contributed by atoms with Crippen molar-refractivity contribution in [3.63, 3.8) is 0 Å². The maximum Gasteiger partial charge on any atom is 0.193 e. The van der Waals surface area contributed by atoms with Crippen LogP contribution in [0.3, 0.4) is 0 Å². The Kier molecular flexibility index (Phi) is 8.58. The van der Waals surface area contributed by atoms with Crippen molar-refractivity contribution in [2.24, 2.45) is 4.99 Å². The number of benzene rings is 1. The van der Waals surface area contributed by atoms with Gasteiger partial charge in [0.1, 0.15) is 0 Å². The lowest BCUT2D eigenvalue weighted by atomic mass is 10.1. The Morgan fingerprint density at radius 2 is 1.71 bits per heavy atom. The van der Waals surface area contributed by atoms with Crippen LogP contribution in [0.25, 0.3) is 0 Å². The van der Waals surface area contributed by atoms with Gasteiger partial charge >= 0.3 is 0 Å². The van der Waals surface area contributed by atoms with Crippen molar-refractivity contribution in [2.75, 3.05) is 66.0 Å². The number of guanidine groups is 1. The molecule has 1 aromatic rings. The van der Waals surface area contributed by atoms with Crippen LogP contribution in [0.5, 0.6) is 0 Å². The van der Waals surface area contributed by atoms with Crippen molar-refractivity contribution in [2.45, 2.75) is 32.4 Å². The first-order chi connectivity index (χ1) is 13.8. The van der Waals surface area contributed by atoms with Crippen molar-refractivity contribution >= 4 is 5.96 Å². The minimum absolute atomic E-state index is 0.423. The van der Waals surface area contributed by atoms with E-state index in [0.29, 0.717) is 6.10 Å². The number of aliphatic imine (C=N–C) groups is 1. The molecule has 0 radical (unpaired) electrons. The van der Waals surface area contributed by atoms with Gasteiger partial charge in [0.25, 0.3) is 0 Å². The van der Waals surface area contributed by atoms with Gasteiger partial charge in [0.15, 0.2) is 5.96 Å². The van der Waals surface area contributed by atoms with Crippen molar-refractivity contribution in [1.82, 2.24) is 20.0 Å². The molecule has 0 unspecified atom stereocenters. The van der Waals surface area contributed by atoms with Crippen LogP contribution in [-0.4, -0.2) is 92.8 Å². The summed E-state index contributed by atoms with van der Waals surface area (Å²) in [6, 6.07) is 10.8. The van der Waals surface area contributed by atoms with Gasteiger partial charge < -0.3 is 15.0 Å². The molecule has 6 heteroatoms. The summed E-state index contributed by atoms with van der Waals surface area (Å²) in [5, 5.41) is 3.56. The average Bonchev–Trinajstić information content (AvgIpc) is 2.74. The topological polar surface area (TPSA) is 43.3 Å². The van der Waals surface area contributed by atoms with Gasteiger partial charge in [-0.3, -0.25) is 14.8 Å². The Balaban J connectivity index is 1.32. The maximum atomic E-state index is 5.75. The Bertz CT molecular complexity index is 578. The van der Waals surface area contributed by atoms with Crippen molar-refractivity contribution in [1.29, 1.82) is 0 Å². The predicted molar refractivity (Wildman–Crippen MR) is 116 cm³/mol. The molecule has 2 heterocycles. The predicted octanol–water partition coefficient (Wildman–Crippen LogP) is 1.88. The molecule has 0 aliphatic carbocycles. The van der Waals surface area contributed by atoms with Gasteiger partial charge in [-0.2, -0.15) is 0 Å². The summed E-state index contributed by atoms with van der Waals surface area (Å²) in [5.74, 6) is 1.04. The van der Waals surface area contributed by atoms with Gasteiger partial charge in [0.2, 0.25) is 0 Å². The van der Waals surface area contributed by atoms with Gasteiger partial charge in [-0.15, -0.1) is 0 Å². The number of piperidine rings is 1. The lowest BCUT2D eigenvalue weighted by molar-refractivity contribution is 0.0263. The van der Waals surface area contributed by atoms with Crippen LogP contribution >= 0.6 is 0 Å². The van der Waals surface area contributed by atoms with Crippen LogP contribution in [0.15, 0.2) is 35.3 Å². The van der Waals surface area contributed by atoms with Crippen LogP contribution in [0.4, 0.5) is 0 Å². The van der Waals surface area contributed by atoms with Crippen LogP contribution in [0, 0.1) is 0 Å². The van der Waals surface area contributed by atoms with Crippen LogP contribution in [0.1, 0.15) is 25.3 Å². The first-order valence-corrected chi connectivity index (χ1v) is 10.8. The van der Waals surface area contributed by atoms with E-state index in [9.17, 15) is 0 Å². The third-order valence-corrected chi connectivity index (χ3v) is 5.78. The fourth-order valence-electron chi connectivity index (χ4n) is 4.14. The number of hydrogen-bond donors (Lipinski definition) is 1. The smallest absolute Gasteiger partial charge is 0.193 e. The Labute approximate surface area is 170 Å². The average molecular weight is 388 g/mol. The van der Waals surface area contributed by atoms with E-state index in [1.54, 1.807) is 0 Å². The third kappa shape index (κ3) is 6.47. The summed E-state index contributed by atoms with van der Waals surface area (Å²) in [6.45, 7) is 12.6. The molecule has 6 nitrogen and oxygen atoms in total. The molecule has 2 fully saturated rings. The molecule has 2 aliphatic heterocycles. The van der Waals surface area contributed by atoms with E-state index in [2.05, 4.69) is 62.3 Å². The zero-order chi connectivity index (χ0) is 19.6. The number of ether oxygens (including phenoxy) is 1. The molecule has 156 valence electrons. The molecule has 0 aromatic heterocycles. The zero-order valence-electron chi connectivity index (χ0n) is 17.6. The summed E-state index contributed by atoms with van der Waals surface area (Å²) in [7, 11) is 1.89. The van der Waals surface area contributed by atoms with Gasteiger partial charge in [-0.1, -0.05) is 30.3 Å². The summed E-state index contributed by atoms with van der Waals surface area (Å²) >= 11 is 0. The third-order valence-electron chi connectivity index (χ3n) is 5.78. The lowest BCUT2D eigenvalue weighted by Gasteiger charge is -2.36. The number of rotatable bonds is 7. The van der Waals surface area contributed by atoms with E-state index >= 15 is 0 Å². The highest BCUT2D eigenvalue weighted by molar-refractivity contribution is 5.79. The highest BCUT2D eigenvalue weighted by atomic mass is 16.5. The molecule has 2 saturated heterocycles. The van der Waals surface area contributed by atoms with Gasteiger partial charge in [0, 0.05) is 72.6 Å². The van der Waals surface area contributed by atoms with Crippen LogP contribution < -0.4 is 5.32 Å². The first kappa shape index (κ1) is 21.1. The van der Waals surface area contributed by atoms with Gasteiger partial charge in [0.05, 0.1) is 6.10 Å². The Morgan fingerprint density at radius 3 is 2.36 bits per heavy atom. The van der Waals surface area contributed by atoms with Gasteiger partial charge in [-0.05, 0) is 25.3 Å². The molecular formula is C22H37N5O. The molecule has 0 amide bonds. The normalized spacial score (nSPS) is 20.5. The fourth-order valence-corrected chi connectivity index (χ4v) is 4.14. The molecule has 0 atom stereocenters. The fraction of sp³-hybridized carbons (Fsp3) is 0.682. The molecule has 2 aliphatic rings. The van der Waals surface area contributed by atoms with Crippen molar-refractivity contribution < 1.29 is 4.74 Å². The van der Waals surface area contributed by atoms with E-state index in [4.69, 9.17) is 4.74 Å². The second-order valence-corrected chi connectivity index (χ2v) is 7.72. The number of piperazine rings is 1. The number of hydrogen-bond acceptors (Lipinski definition) is 4. The van der Waals surface area contributed by atoms with Gasteiger partial charge in [-0.25, -0.2) is 0 Å². The zero-order valence-corrected chi connectivity index (χ0v) is 17.6. The SMILES string of the molecule is CCOC1CCN(C(=NC)NCCN2CCN(Cc3ccccc3)CC2)CC1. The van der Waals surface area contributed by atoms with E-state index in [0.717, 1.165) is 84.3 Å². The molecule has 1 aromatic carbocycles. The minimum atomic E-state index is 0.423. The summed E-state index contributed by atoms with van der Waals surface area (Å²) < 4.78 is 5.75. The van der Waals surface area contributed by atoms with E-state index in [1.165, 1.54) is 5.56 Å². The molecule has 3 rings (SSSR count). The summed E-state index contributed by atoms with van der Waals surface area (Å²) in [5.41, 5.74) is 1.41. The number of nitrogens with zero attached hydrogens (tertiary/aromatic N) is 4. The molecule has 0 spiro atoms. The Morgan fingerprint density at radius 1 is 1.04 bits per heavy atom. The van der Waals surface area contributed by atoms with E-state index in [-0.39, 0.29) is 0 Å². The maximum absolute atomic E-state index is 5.75. The molecule has 0 saturated carbocycles. The molecule has 28 heavy (non-hydrogen) atoms. The molecule has 0 bridgehead atoms. The molecule has 1 N–H and O–H groups in total. The van der Waals surface area contributed by atoms with Crippen LogP contribution in [-0.2, 0) is 11.3 Å². The first-order valence-electron chi connectivity index (χ1n) is 10.8. The highest BCUT2D eigenvalue weighted by Gasteiger charge is 2.22. The summed E-state index contributed by atoms with van der Waals surface area (Å²) in [4.78, 5) is 12.0. The second-order valence-electron chi connectivity index (χ2n) is 7.72. The minimum Gasteiger partial charge on any atom is -0.378 e. The molecular weight excluding hydrogens is 350 g/mol. The van der Waals surface area contributed by atoms with E-state index < -0.39 is 0 Å². The largest absolute Gasteiger partial charge is 0.378 e. The van der Waals surface area contributed by atoms with Crippen molar-refractivity contribution in [3.8, 4) is 0 Å². The summed E-state index contributed by atoms with van der Waals surface area (Å²) in [6.07, 6.45) is 2.61.